The van der Waals surface area contributed by atoms with E-state index in [9.17, 15) is 4.79 Å². The van der Waals surface area contributed by atoms with Gasteiger partial charge < -0.3 is 5.32 Å². The lowest BCUT2D eigenvalue weighted by Crippen LogP contribution is -2.26. The second kappa shape index (κ2) is 9.40. The number of halogens is 2. The number of rotatable bonds is 7. The van der Waals surface area contributed by atoms with Crippen LogP contribution in [0.1, 0.15) is 48.5 Å². The molecule has 0 unspecified atom stereocenters. The third-order valence-corrected chi connectivity index (χ3v) is 5.41. The number of nitrogens with one attached hydrogen (secondary N) is 1. The van der Waals surface area contributed by atoms with Gasteiger partial charge in [-0.1, -0.05) is 67.6 Å². The number of carbonyl (C=O) groups is 1. The van der Waals surface area contributed by atoms with Crippen molar-refractivity contribution in [3.8, 4) is 11.3 Å². The van der Waals surface area contributed by atoms with Crippen molar-refractivity contribution in [2.24, 2.45) is 0 Å². The van der Waals surface area contributed by atoms with E-state index in [1.54, 1.807) is 12.1 Å². The SMILES string of the molecule is CCCCCCNC(=O)c1c(C)c(-c2ccc(Cl)cc2Cl)nc2ccccc12. The number of nitrogens with zero attached hydrogens (tertiary/aromatic N) is 1. The van der Waals surface area contributed by atoms with Crippen LogP contribution >= 0.6 is 23.2 Å². The Labute approximate surface area is 176 Å². The molecule has 0 bridgehead atoms. The summed E-state index contributed by atoms with van der Waals surface area (Å²) in [5.74, 6) is -0.0704. The van der Waals surface area contributed by atoms with Gasteiger partial charge in [0.25, 0.3) is 5.91 Å². The maximum Gasteiger partial charge on any atom is 0.252 e. The molecule has 0 saturated carbocycles. The molecular weight excluding hydrogens is 391 g/mol. The number of benzene rings is 2. The highest BCUT2D eigenvalue weighted by Gasteiger charge is 2.19. The molecular formula is C23H24Cl2N2O. The summed E-state index contributed by atoms with van der Waals surface area (Å²) in [7, 11) is 0. The number of para-hydroxylation sites is 1. The summed E-state index contributed by atoms with van der Waals surface area (Å²) in [6.45, 7) is 4.77. The van der Waals surface area contributed by atoms with E-state index in [2.05, 4.69) is 12.2 Å². The fraction of sp³-hybridized carbons (Fsp3) is 0.304. The minimum absolute atomic E-state index is 0.0704. The zero-order valence-corrected chi connectivity index (χ0v) is 17.7. The first kappa shape index (κ1) is 20.6. The summed E-state index contributed by atoms with van der Waals surface area (Å²) in [4.78, 5) is 17.8. The summed E-state index contributed by atoms with van der Waals surface area (Å²) >= 11 is 12.5. The van der Waals surface area contributed by atoms with E-state index in [-0.39, 0.29) is 5.91 Å². The molecule has 1 amide bonds. The summed E-state index contributed by atoms with van der Waals surface area (Å²) in [5, 5.41) is 5.00. The monoisotopic (exact) mass is 414 g/mol. The second-order valence-corrected chi connectivity index (χ2v) is 7.76. The molecule has 0 aliphatic carbocycles. The van der Waals surface area contributed by atoms with Crippen LogP contribution in [-0.2, 0) is 0 Å². The highest BCUT2D eigenvalue weighted by atomic mass is 35.5. The number of unbranched alkanes of at least 4 members (excludes halogenated alkanes) is 3. The molecule has 1 N–H and O–H groups in total. The molecule has 1 aromatic heterocycles. The van der Waals surface area contributed by atoms with Crippen LogP contribution in [0.15, 0.2) is 42.5 Å². The van der Waals surface area contributed by atoms with E-state index in [1.807, 2.05) is 37.3 Å². The molecule has 2 aromatic carbocycles. The second-order valence-electron chi connectivity index (χ2n) is 6.92. The molecule has 28 heavy (non-hydrogen) atoms. The van der Waals surface area contributed by atoms with Crippen LogP contribution in [0.5, 0.6) is 0 Å². The number of fused-ring (bicyclic) bond motifs is 1. The van der Waals surface area contributed by atoms with Crippen molar-refractivity contribution >= 4 is 40.0 Å². The lowest BCUT2D eigenvalue weighted by atomic mass is 9.97. The van der Waals surface area contributed by atoms with Crippen LogP contribution in [0.2, 0.25) is 10.0 Å². The minimum atomic E-state index is -0.0704. The summed E-state index contributed by atoms with van der Waals surface area (Å²) in [5.41, 5.74) is 3.71. The van der Waals surface area contributed by atoms with Gasteiger partial charge in [-0.3, -0.25) is 4.79 Å². The van der Waals surface area contributed by atoms with E-state index in [1.165, 1.54) is 12.8 Å². The quantitative estimate of drug-likeness (QED) is 0.430. The van der Waals surface area contributed by atoms with Crippen LogP contribution in [0.3, 0.4) is 0 Å². The highest BCUT2D eigenvalue weighted by Crippen LogP contribution is 2.34. The van der Waals surface area contributed by atoms with Crippen molar-refractivity contribution in [3.63, 3.8) is 0 Å². The Morgan fingerprint density at radius 2 is 1.86 bits per heavy atom. The molecule has 3 aromatic rings. The topological polar surface area (TPSA) is 42.0 Å². The predicted octanol–water partition coefficient (Wildman–Crippen LogP) is 6.83. The van der Waals surface area contributed by atoms with Gasteiger partial charge in [-0.2, -0.15) is 0 Å². The van der Waals surface area contributed by atoms with Gasteiger partial charge in [0.2, 0.25) is 0 Å². The van der Waals surface area contributed by atoms with Crippen LogP contribution < -0.4 is 5.32 Å². The van der Waals surface area contributed by atoms with Gasteiger partial charge in [0.05, 0.1) is 21.8 Å². The summed E-state index contributed by atoms with van der Waals surface area (Å²) in [6, 6.07) is 13.0. The summed E-state index contributed by atoms with van der Waals surface area (Å²) in [6.07, 6.45) is 4.47. The van der Waals surface area contributed by atoms with Crippen LogP contribution in [0, 0.1) is 6.92 Å². The molecule has 3 nitrogen and oxygen atoms in total. The zero-order chi connectivity index (χ0) is 20.1. The number of pyridine rings is 1. The van der Waals surface area contributed by atoms with Crippen LogP contribution in [0.4, 0.5) is 0 Å². The van der Waals surface area contributed by atoms with Gasteiger partial charge in [0, 0.05) is 22.5 Å². The van der Waals surface area contributed by atoms with Crippen molar-refractivity contribution < 1.29 is 4.79 Å². The Morgan fingerprint density at radius 1 is 1.07 bits per heavy atom. The standard InChI is InChI=1S/C23H24Cl2N2O/c1-3-4-5-8-13-26-23(28)21-15(2)22(17-12-11-16(24)14-19(17)25)27-20-10-7-6-9-18(20)21/h6-7,9-12,14H,3-5,8,13H2,1-2H3,(H,26,28). The normalized spacial score (nSPS) is 11.0. The molecule has 146 valence electrons. The van der Waals surface area contributed by atoms with Gasteiger partial charge >= 0.3 is 0 Å². The number of hydrogen-bond donors (Lipinski definition) is 1. The fourth-order valence-corrected chi connectivity index (χ4v) is 3.88. The average molecular weight is 415 g/mol. The molecule has 0 fully saturated rings. The fourth-order valence-electron chi connectivity index (χ4n) is 3.39. The largest absolute Gasteiger partial charge is 0.352 e. The Bertz CT molecular complexity index is 1000. The lowest BCUT2D eigenvalue weighted by molar-refractivity contribution is 0.0954. The molecule has 0 aliphatic heterocycles. The Morgan fingerprint density at radius 3 is 2.61 bits per heavy atom. The van der Waals surface area contributed by atoms with E-state index in [0.29, 0.717) is 27.8 Å². The first-order valence-electron chi connectivity index (χ1n) is 9.66. The number of aromatic nitrogens is 1. The van der Waals surface area contributed by atoms with Crippen molar-refractivity contribution in [1.29, 1.82) is 0 Å². The molecule has 3 rings (SSSR count). The van der Waals surface area contributed by atoms with Crippen LogP contribution in [0.25, 0.3) is 22.2 Å². The van der Waals surface area contributed by atoms with E-state index in [0.717, 1.165) is 34.9 Å². The zero-order valence-electron chi connectivity index (χ0n) is 16.2. The summed E-state index contributed by atoms with van der Waals surface area (Å²) < 4.78 is 0. The first-order chi connectivity index (χ1) is 13.5. The molecule has 0 spiro atoms. The van der Waals surface area contributed by atoms with Crippen molar-refractivity contribution in [1.82, 2.24) is 10.3 Å². The van der Waals surface area contributed by atoms with Crippen molar-refractivity contribution in [3.05, 3.63) is 63.6 Å². The molecule has 0 radical (unpaired) electrons. The van der Waals surface area contributed by atoms with Gasteiger partial charge in [-0.25, -0.2) is 4.98 Å². The molecule has 0 saturated heterocycles. The van der Waals surface area contributed by atoms with Crippen LogP contribution in [-0.4, -0.2) is 17.4 Å². The number of amides is 1. The third-order valence-electron chi connectivity index (χ3n) is 4.87. The Hall–Kier alpha value is -2.10. The Balaban J connectivity index is 2.03. The van der Waals surface area contributed by atoms with Crippen molar-refractivity contribution in [2.45, 2.75) is 39.5 Å². The smallest absolute Gasteiger partial charge is 0.252 e. The maximum absolute atomic E-state index is 13.0. The molecule has 1 heterocycles. The van der Waals surface area contributed by atoms with Gasteiger partial charge in [0.1, 0.15) is 0 Å². The first-order valence-corrected chi connectivity index (χ1v) is 10.4. The molecule has 0 aliphatic rings. The maximum atomic E-state index is 13.0. The van der Waals surface area contributed by atoms with E-state index >= 15 is 0 Å². The number of hydrogen-bond acceptors (Lipinski definition) is 2. The lowest BCUT2D eigenvalue weighted by Gasteiger charge is -2.15. The molecule has 5 heteroatoms. The van der Waals surface area contributed by atoms with E-state index < -0.39 is 0 Å². The minimum Gasteiger partial charge on any atom is -0.352 e. The number of carbonyl (C=O) groups excluding carboxylic acids is 1. The predicted molar refractivity (Wildman–Crippen MR) is 118 cm³/mol. The average Bonchev–Trinajstić information content (AvgIpc) is 2.67. The highest BCUT2D eigenvalue weighted by molar-refractivity contribution is 6.36. The van der Waals surface area contributed by atoms with E-state index in [4.69, 9.17) is 28.2 Å². The van der Waals surface area contributed by atoms with Crippen molar-refractivity contribution in [2.75, 3.05) is 6.54 Å². The van der Waals surface area contributed by atoms with Gasteiger partial charge in [-0.05, 0) is 43.2 Å². The van der Waals surface area contributed by atoms with Gasteiger partial charge in [-0.15, -0.1) is 0 Å². The Kier molecular flexibility index (Phi) is 6.93. The van der Waals surface area contributed by atoms with Gasteiger partial charge in [0.15, 0.2) is 0 Å². The third kappa shape index (κ3) is 4.48. The molecule has 0 atom stereocenters.